The second-order valence-corrected chi connectivity index (χ2v) is 8.21. The fraction of sp³-hybridized carbons (Fsp3) is 0.480. The van der Waals surface area contributed by atoms with E-state index in [1.54, 1.807) is 12.1 Å². The second kappa shape index (κ2) is 12.2. The molecule has 0 spiro atoms. The molecule has 2 N–H and O–H groups in total. The van der Waals surface area contributed by atoms with Gasteiger partial charge < -0.3 is 15.5 Å². The molecule has 0 atom stereocenters. The molecule has 1 saturated heterocycles. The number of carbonyl (C=O) groups is 2. The standard InChI is InChI=1S/C25H34N4O3/c1-2-26-23(30)19-29-22(20-11-5-3-6-12-20)14-13-21(25(29)32)24(31)27-15-7-10-18-28-16-8-4-9-17-28/h3,5-6,11-14H,2,4,7-10,15-19H2,1H3,(H,26,30)(H,27,31). The number of pyridine rings is 1. The van der Waals surface area contributed by atoms with Crippen molar-refractivity contribution in [2.45, 2.75) is 45.6 Å². The van der Waals surface area contributed by atoms with E-state index in [4.69, 9.17) is 0 Å². The van der Waals surface area contributed by atoms with E-state index in [1.807, 2.05) is 37.3 Å². The highest BCUT2D eigenvalue weighted by Crippen LogP contribution is 2.18. The van der Waals surface area contributed by atoms with Crippen molar-refractivity contribution in [3.8, 4) is 11.3 Å². The average molecular weight is 439 g/mol. The predicted octanol–water partition coefficient (Wildman–Crippen LogP) is 2.65. The summed E-state index contributed by atoms with van der Waals surface area (Å²) in [6, 6.07) is 12.7. The molecular formula is C25H34N4O3. The lowest BCUT2D eigenvalue weighted by Crippen LogP contribution is -2.37. The minimum absolute atomic E-state index is 0.0602. The summed E-state index contributed by atoms with van der Waals surface area (Å²) in [7, 11) is 0. The van der Waals surface area contributed by atoms with Gasteiger partial charge >= 0.3 is 0 Å². The molecule has 1 aromatic heterocycles. The summed E-state index contributed by atoms with van der Waals surface area (Å²) in [6.45, 7) is 6.11. The van der Waals surface area contributed by atoms with Crippen LogP contribution in [0.15, 0.2) is 47.3 Å². The number of amides is 2. The highest BCUT2D eigenvalue weighted by atomic mass is 16.2. The molecule has 32 heavy (non-hydrogen) atoms. The number of hydrogen-bond acceptors (Lipinski definition) is 4. The summed E-state index contributed by atoms with van der Waals surface area (Å²) in [5, 5.41) is 5.59. The third-order valence-corrected chi connectivity index (χ3v) is 5.80. The zero-order valence-corrected chi connectivity index (χ0v) is 18.9. The first-order valence-electron chi connectivity index (χ1n) is 11.7. The van der Waals surface area contributed by atoms with Gasteiger partial charge in [0.2, 0.25) is 5.91 Å². The first-order chi connectivity index (χ1) is 15.6. The molecule has 7 heteroatoms. The van der Waals surface area contributed by atoms with Crippen LogP contribution >= 0.6 is 0 Å². The van der Waals surface area contributed by atoms with Gasteiger partial charge in [0.1, 0.15) is 12.1 Å². The molecule has 1 aliphatic rings. The number of rotatable bonds is 10. The number of hydrogen-bond donors (Lipinski definition) is 2. The van der Waals surface area contributed by atoms with E-state index in [0.29, 0.717) is 18.8 Å². The lowest BCUT2D eigenvalue weighted by molar-refractivity contribution is -0.121. The van der Waals surface area contributed by atoms with E-state index in [1.165, 1.54) is 36.9 Å². The maximum absolute atomic E-state index is 13.2. The normalized spacial score (nSPS) is 14.2. The third-order valence-electron chi connectivity index (χ3n) is 5.80. The summed E-state index contributed by atoms with van der Waals surface area (Å²) < 4.78 is 1.38. The van der Waals surface area contributed by atoms with Crippen LogP contribution in [0.25, 0.3) is 11.3 Å². The fourth-order valence-corrected chi connectivity index (χ4v) is 4.11. The fourth-order valence-electron chi connectivity index (χ4n) is 4.11. The van der Waals surface area contributed by atoms with E-state index in [2.05, 4.69) is 15.5 Å². The zero-order valence-electron chi connectivity index (χ0n) is 18.9. The smallest absolute Gasteiger partial charge is 0.264 e. The van der Waals surface area contributed by atoms with Gasteiger partial charge in [0.05, 0.1) is 5.69 Å². The largest absolute Gasteiger partial charge is 0.355 e. The summed E-state index contributed by atoms with van der Waals surface area (Å²) in [4.78, 5) is 40.6. The minimum Gasteiger partial charge on any atom is -0.355 e. The van der Waals surface area contributed by atoms with E-state index in [9.17, 15) is 14.4 Å². The highest BCUT2D eigenvalue weighted by molar-refractivity contribution is 5.94. The molecule has 0 saturated carbocycles. The lowest BCUT2D eigenvalue weighted by Gasteiger charge is -2.26. The molecular weight excluding hydrogens is 404 g/mol. The van der Waals surface area contributed by atoms with E-state index < -0.39 is 11.5 Å². The van der Waals surface area contributed by atoms with Crippen LogP contribution in [0.5, 0.6) is 0 Å². The van der Waals surface area contributed by atoms with E-state index in [0.717, 1.165) is 24.9 Å². The topological polar surface area (TPSA) is 83.4 Å². The number of likely N-dealkylation sites (tertiary alicyclic amines) is 1. The molecule has 7 nitrogen and oxygen atoms in total. The molecule has 0 bridgehead atoms. The number of nitrogens with zero attached hydrogens (tertiary/aromatic N) is 2. The molecule has 172 valence electrons. The number of nitrogens with one attached hydrogen (secondary N) is 2. The van der Waals surface area contributed by atoms with Crippen molar-refractivity contribution < 1.29 is 9.59 Å². The molecule has 2 amide bonds. The van der Waals surface area contributed by atoms with Crippen molar-refractivity contribution in [2.24, 2.45) is 0 Å². The highest BCUT2D eigenvalue weighted by Gasteiger charge is 2.17. The van der Waals surface area contributed by atoms with Crippen molar-refractivity contribution >= 4 is 11.8 Å². The zero-order chi connectivity index (χ0) is 22.8. The van der Waals surface area contributed by atoms with Gasteiger partial charge in [0, 0.05) is 13.1 Å². The van der Waals surface area contributed by atoms with Gasteiger partial charge in [-0.1, -0.05) is 36.8 Å². The van der Waals surface area contributed by atoms with Crippen LogP contribution in [0.3, 0.4) is 0 Å². The van der Waals surface area contributed by atoms with Gasteiger partial charge in [-0.05, 0) is 69.9 Å². The minimum atomic E-state index is -0.455. The number of likely N-dealkylation sites (N-methyl/N-ethyl adjacent to an activating group) is 1. The van der Waals surface area contributed by atoms with E-state index in [-0.39, 0.29) is 18.0 Å². The van der Waals surface area contributed by atoms with Gasteiger partial charge in [-0.3, -0.25) is 19.0 Å². The van der Waals surface area contributed by atoms with Gasteiger partial charge in [-0.2, -0.15) is 0 Å². The molecule has 1 fully saturated rings. The van der Waals surface area contributed by atoms with Gasteiger partial charge in [0.15, 0.2) is 0 Å². The molecule has 1 aliphatic heterocycles. The average Bonchev–Trinajstić information content (AvgIpc) is 2.81. The van der Waals surface area contributed by atoms with Gasteiger partial charge in [0.25, 0.3) is 11.5 Å². The molecule has 3 rings (SSSR count). The molecule has 0 unspecified atom stereocenters. The Morgan fingerprint density at radius 1 is 0.938 bits per heavy atom. The number of benzene rings is 1. The number of aromatic nitrogens is 1. The Hall–Kier alpha value is -2.93. The summed E-state index contributed by atoms with van der Waals surface area (Å²) in [5.74, 6) is -0.653. The molecule has 1 aromatic carbocycles. The van der Waals surface area contributed by atoms with Gasteiger partial charge in [-0.25, -0.2) is 0 Å². The Labute approximate surface area is 189 Å². The van der Waals surface area contributed by atoms with E-state index >= 15 is 0 Å². The first-order valence-corrected chi connectivity index (χ1v) is 11.7. The number of carbonyl (C=O) groups excluding carboxylic acids is 2. The Morgan fingerprint density at radius 3 is 2.41 bits per heavy atom. The van der Waals surface area contributed by atoms with Crippen LogP contribution in [-0.4, -0.2) is 54.0 Å². The molecule has 2 heterocycles. The summed E-state index contributed by atoms with van der Waals surface area (Å²) in [6.07, 6.45) is 5.77. The predicted molar refractivity (Wildman–Crippen MR) is 127 cm³/mol. The second-order valence-electron chi connectivity index (χ2n) is 8.21. The van der Waals surface area contributed by atoms with Crippen LogP contribution in [0.4, 0.5) is 0 Å². The molecule has 2 aromatic rings. The quantitative estimate of drug-likeness (QED) is 0.559. The maximum atomic E-state index is 13.2. The van der Waals surface area contributed by atoms with Crippen LogP contribution < -0.4 is 16.2 Å². The number of unbranched alkanes of at least 4 members (excludes halogenated alkanes) is 1. The third kappa shape index (κ3) is 6.53. The van der Waals surface area contributed by atoms with Crippen molar-refractivity contribution in [3.05, 3.63) is 58.4 Å². The maximum Gasteiger partial charge on any atom is 0.264 e. The van der Waals surface area contributed by atoms with Crippen LogP contribution in [-0.2, 0) is 11.3 Å². The van der Waals surface area contributed by atoms with Crippen molar-refractivity contribution in [1.29, 1.82) is 0 Å². The number of piperidine rings is 1. The molecule has 0 aliphatic carbocycles. The molecule has 0 radical (unpaired) electrons. The Bertz CT molecular complexity index is 949. The Kier molecular flexibility index (Phi) is 9.04. The van der Waals surface area contributed by atoms with Crippen LogP contribution in [0, 0.1) is 0 Å². The first kappa shape index (κ1) is 23.7. The summed E-state index contributed by atoms with van der Waals surface area (Å²) >= 11 is 0. The monoisotopic (exact) mass is 438 g/mol. The summed E-state index contributed by atoms with van der Waals surface area (Å²) in [5.41, 5.74) is 1.03. The Morgan fingerprint density at radius 2 is 1.69 bits per heavy atom. The van der Waals surface area contributed by atoms with Crippen molar-refractivity contribution in [1.82, 2.24) is 20.1 Å². The van der Waals surface area contributed by atoms with Crippen LogP contribution in [0.1, 0.15) is 49.4 Å². The lowest BCUT2D eigenvalue weighted by atomic mass is 10.1. The van der Waals surface area contributed by atoms with Crippen molar-refractivity contribution in [2.75, 3.05) is 32.7 Å². The Balaban J connectivity index is 1.66. The van der Waals surface area contributed by atoms with Crippen LogP contribution in [0.2, 0.25) is 0 Å². The SMILES string of the molecule is CCNC(=O)Cn1c(-c2ccccc2)ccc(C(=O)NCCCCN2CCCCC2)c1=O. The van der Waals surface area contributed by atoms with Crippen molar-refractivity contribution in [3.63, 3.8) is 0 Å². The van der Waals surface area contributed by atoms with Gasteiger partial charge in [-0.15, -0.1) is 0 Å².